The monoisotopic (exact) mass is 239 g/mol. The third-order valence-electron chi connectivity index (χ3n) is 2.11. The van der Waals surface area contributed by atoms with Crippen LogP contribution in [-0.2, 0) is 6.42 Å². The van der Waals surface area contributed by atoms with E-state index in [1.807, 2.05) is 7.05 Å². The third-order valence-corrected chi connectivity index (χ3v) is 4.26. The van der Waals surface area contributed by atoms with Gasteiger partial charge in [0, 0.05) is 13.0 Å². The fraction of sp³-hybridized carbons (Fsp3) is 0.400. The minimum atomic E-state index is 0.956. The van der Waals surface area contributed by atoms with Crippen molar-refractivity contribution in [1.82, 2.24) is 15.5 Å². The number of likely N-dealkylation sites (N-methyl/N-ethyl adjacent to an activating group) is 1. The second-order valence-electron chi connectivity index (χ2n) is 3.29. The van der Waals surface area contributed by atoms with Crippen molar-refractivity contribution >= 4 is 22.7 Å². The lowest BCUT2D eigenvalue weighted by molar-refractivity contribution is 0.779. The predicted octanol–water partition coefficient (Wildman–Crippen LogP) is 2.34. The van der Waals surface area contributed by atoms with Gasteiger partial charge in [-0.15, -0.1) is 21.5 Å². The van der Waals surface area contributed by atoms with Crippen LogP contribution in [0.5, 0.6) is 0 Å². The Hall–Kier alpha value is -0.780. The molecule has 0 spiro atoms. The number of nitrogens with zero attached hydrogens (tertiary/aromatic N) is 2. The van der Waals surface area contributed by atoms with Gasteiger partial charge >= 0.3 is 0 Å². The lowest BCUT2D eigenvalue weighted by atomic mass is 10.3. The summed E-state index contributed by atoms with van der Waals surface area (Å²) in [5.74, 6) is 0. The summed E-state index contributed by atoms with van der Waals surface area (Å²) in [6, 6.07) is 2.12. The molecule has 2 heterocycles. The summed E-state index contributed by atoms with van der Waals surface area (Å²) < 4.78 is 0. The van der Waals surface area contributed by atoms with Gasteiger partial charge in [-0.05, 0) is 31.0 Å². The van der Waals surface area contributed by atoms with Gasteiger partial charge in [-0.3, -0.25) is 0 Å². The van der Waals surface area contributed by atoms with Crippen LogP contribution in [0.2, 0.25) is 0 Å². The molecule has 0 amide bonds. The first kappa shape index (κ1) is 10.7. The molecule has 2 rings (SSSR count). The predicted molar refractivity (Wildman–Crippen MR) is 65.6 cm³/mol. The second-order valence-corrected chi connectivity index (χ2v) is 5.27. The van der Waals surface area contributed by atoms with Gasteiger partial charge in [0.05, 0.1) is 4.88 Å². The fourth-order valence-electron chi connectivity index (χ4n) is 1.27. The number of rotatable bonds is 4. The Morgan fingerprint density at radius 2 is 2.27 bits per heavy atom. The minimum Gasteiger partial charge on any atom is -0.319 e. The second kappa shape index (κ2) is 4.83. The van der Waals surface area contributed by atoms with Crippen molar-refractivity contribution in [2.75, 3.05) is 13.6 Å². The molecule has 0 aromatic carbocycles. The fourth-order valence-corrected chi connectivity index (χ4v) is 3.19. The van der Waals surface area contributed by atoms with E-state index in [2.05, 4.69) is 33.9 Å². The Balaban J connectivity index is 2.17. The highest BCUT2D eigenvalue weighted by molar-refractivity contribution is 7.20. The van der Waals surface area contributed by atoms with E-state index >= 15 is 0 Å². The van der Waals surface area contributed by atoms with Crippen LogP contribution in [0.4, 0.5) is 0 Å². The van der Waals surface area contributed by atoms with E-state index in [9.17, 15) is 0 Å². The van der Waals surface area contributed by atoms with E-state index < -0.39 is 0 Å². The quantitative estimate of drug-likeness (QED) is 0.890. The molecular weight excluding hydrogens is 226 g/mol. The summed E-state index contributed by atoms with van der Waals surface area (Å²) in [6.07, 6.45) is 0.957. The molecule has 0 saturated heterocycles. The van der Waals surface area contributed by atoms with Crippen LogP contribution in [0, 0.1) is 6.92 Å². The van der Waals surface area contributed by atoms with Gasteiger partial charge < -0.3 is 5.32 Å². The van der Waals surface area contributed by atoms with E-state index in [0.29, 0.717) is 0 Å². The van der Waals surface area contributed by atoms with Crippen molar-refractivity contribution in [3.63, 3.8) is 0 Å². The first-order valence-corrected chi connectivity index (χ1v) is 6.52. The molecule has 2 aromatic rings. The topological polar surface area (TPSA) is 37.8 Å². The van der Waals surface area contributed by atoms with Gasteiger partial charge in [-0.2, -0.15) is 0 Å². The van der Waals surface area contributed by atoms with Gasteiger partial charge in [0.25, 0.3) is 0 Å². The van der Waals surface area contributed by atoms with Crippen LogP contribution in [-0.4, -0.2) is 23.8 Å². The van der Waals surface area contributed by atoms with Crippen LogP contribution >= 0.6 is 22.7 Å². The molecule has 3 nitrogen and oxygen atoms in total. The zero-order chi connectivity index (χ0) is 10.7. The highest BCUT2D eigenvalue weighted by Gasteiger charge is 2.09. The summed E-state index contributed by atoms with van der Waals surface area (Å²) in [5, 5.41) is 15.8. The number of hydrogen-bond donors (Lipinski definition) is 1. The van der Waals surface area contributed by atoms with Crippen LogP contribution in [0.1, 0.15) is 10.6 Å². The molecule has 0 aliphatic carbocycles. The summed E-state index contributed by atoms with van der Waals surface area (Å²) in [6.45, 7) is 3.07. The molecule has 2 aromatic heterocycles. The van der Waals surface area contributed by atoms with Gasteiger partial charge in [0.2, 0.25) is 0 Å². The van der Waals surface area contributed by atoms with Gasteiger partial charge in [0.15, 0.2) is 5.01 Å². The molecule has 15 heavy (non-hydrogen) atoms. The lowest BCUT2D eigenvalue weighted by Crippen LogP contribution is -2.09. The summed E-state index contributed by atoms with van der Waals surface area (Å²) >= 11 is 3.43. The highest BCUT2D eigenvalue weighted by Crippen LogP contribution is 2.31. The standard InChI is InChI=1S/C10H13N3S2/c1-7-4-6-14-9(7)10-13-12-8(15-10)3-5-11-2/h4,6,11H,3,5H2,1-2H3. The minimum absolute atomic E-state index is 0.956. The maximum absolute atomic E-state index is 4.22. The normalized spacial score (nSPS) is 10.8. The Labute approximate surface area is 97.2 Å². The van der Waals surface area contributed by atoms with Crippen molar-refractivity contribution in [3.05, 3.63) is 22.0 Å². The highest BCUT2D eigenvalue weighted by atomic mass is 32.1. The smallest absolute Gasteiger partial charge is 0.158 e. The Bertz CT molecular complexity index is 433. The first-order valence-electron chi connectivity index (χ1n) is 4.82. The van der Waals surface area contributed by atoms with Gasteiger partial charge in [-0.1, -0.05) is 11.3 Å². The lowest BCUT2D eigenvalue weighted by Gasteiger charge is -1.92. The van der Waals surface area contributed by atoms with E-state index in [4.69, 9.17) is 0 Å². The van der Waals surface area contributed by atoms with Crippen LogP contribution < -0.4 is 5.32 Å². The average molecular weight is 239 g/mol. The zero-order valence-electron chi connectivity index (χ0n) is 8.78. The molecule has 0 aliphatic rings. The maximum atomic E-state index is 4.22. The maximum Gasteiger partial charge on any atom is 0.158 e. The van der Waals surface area contributed by atoms with Crippen molar-refractivity contribution in [2.24, 2.45) is 0 Å². The molecule has 0 aliphatic heterocycles. The molecule has 0 unspecified atom stereocenters. The molecule has 1 N–H and O–H groups in total. The molecule has 0 bridgehead atoms. The number of nitrogens with one attached hydrogen (secondary N) is 1. The molecule has 80 valence electrons. The van der Waals surface area contributed by atoms with Crippen LogP contribution in [0.3, 0.4) is 0 Å². The molecule has 5 heteroatoms. The first-order chi connectivity index (χ1) is 7.31. The van der Waals surface area contributed by atoms with Gasteiger partial charge in [-0.25, -0.2) is 0 Å². The molecule has 0 atom stereocenters. The summed E-state index contributed by atoms with van der Waals surface area (Å²) in [5.41, 5.74) is 1.29. The summed E-state index contributed by atoms with van der Waals surface area (Å²) in [7, 11) is 1.95. The summed E-state index contributed by atoms with van der Waals surface area (Å²) in [4.78, 5) is 1.25. The molecule has 0 radical (unpaired) electrons. The van der Waals surface area contributed by atoms with E-state index in [1.165, 1.54) is 10.4 Å². The van der Waals surface area contributed by atoms with E-state index in [0.717, 1.165) is 23.0 Å². The Morgan fingerprint density at radius 3 is 2.93 bits per heavy atom. The average Bonchev–Trinajstić information content (AvgIpc) is 2.83. The van der Waals surface area contributed by atoms with Gasteiger partial charge in [0.1, 0.15) is 5.01 Å². The number of thiophene rings is 1. The van der Waals surface area contributed by atoms with Crippen molar-refractivity contribution in [1.29, 1.82) is 0 Å². The van der Waals surface area contributed by atoms with Crippen LogP contribution in [0.15, 0.2) is 11.4 Å². The van der Waals surface area contributed by atoms with Crippen LogP contribution in [0.25, 0.3) is 9.88 Å². The number of aryl methyl sites for hydroxylation is 1. The largest absolute Gasteiger partial charge is 0.319 e. The number of aromatic nitrogens is 2. The van der Waals surface area contributed by atoms with E-state index in [-0.39, 0.29) is 0 Å². The zero-order valence-corrected chi connectivity index (χ0v) is 10.4. The Kier molecular flexibility index (Phi) is 3.45. The molecule has 0 fully saturated rings. The van der Waals surface area contributed by atoms with Crippen molar-refractivity contribution in [3.8, 4) is 9.88 Å². The molecule has 0 saturated carbocycles. The van der Waals surface area contributed by atoms with Crippen molar-refractivity contribution in [2.45, 2.75) is 13.3 Å². The SMILES string of the molecule is CNCCc1nnc(-c2sccc2C)s1. The Morgan fingerprint density at radius 1 is 1.40 bits per heavy atom. The third kappa shape index (κ3) is 2.42. The number of hydrogen-bond acceptors (Lipinski definition) is 5. The van der Waals surface area contributed by atoms with E-state index in [1.54, 1.807) is 22.7 Å². The molecular formula is C10H13N3S2. The van der Waals surface area contributed by atoms with Crippen molar-refractivity contribution < 1.29 is 0 Å².